The maximum atomic E-state index is 14.1. The Morgan fingerprint density at radius 1 is 1.45 bits per heavy atom. The number of hydrogen-bond donors (Lipinski definition) is 1. The number of halogens is 1. The Labute approximate surface area is 116 Å². The Balaban J connectivity index is 2.27. The molecule has 20 heavy (non-hydrogen) atoms. The average Bonchev–Trinajstić information content (AvgIpc) is 2.87. The lowest BCUT2D eigenvalue weighted by molar-refractivity contribution is -0.129. The van der Waals surface area contributed by atoms with E-state index in [1.165, 1.54) is 21.8 Å². The fourth-order valence-corrected chi connectivity index (χ4v) is 1.79. The Morgan fingerprint density at radius 3 is 2.85 bits per heavy atom. The molecule has 0 radical (unpaired) electrons. The highest BCUT2D eigenvalue weighted by molar-refractivity contribution is 5.75. The summed E-state index contributed by atoms with van der Waals surface area (Å²) < 4.78 is 15.5. The molecule has 1 aromatic heterocycles. The first-order valence-electron chi connectivity index (χ1n) is 6.14. The van der Waals surface area contributed by atoms with Crippen LogP contribution in [0.2, 0.25) is 0 Å². The van der Waals surface area contributed by atoms with Crippen molar-refractivity contribution in [1.29, 1.82) is 0 Å². The number of hydrogen-bond acceptors (Lipinski definition) is 3. The molecule has 6 heteroatoms. The molecule has 1 aromatic carbocycles. The van der Waals surface area contributed by atoms with Crippen molar-refractivity contribution in [3.05, 3.63) is 42.0 Å². The summed E-state index contributed by atoms with van der Waals surface area (Å²) in [7, 11) is 3.33. The molecule has 1 heterocycles. The van der Waals surface area contributed by atoms with Crippen LogP contribution in [0.5, 0.6) is 0 Å². The minimum atomic E-state index is -0.464. The van der Waals surface area contributed by atoms with Gasteiger partial charge in [-0.25, -0.2) is 4.39 Å². The van der Waals surface area contributed by atoms with Gasteiger partial charge in [-0.3, -0.25) is 9.48 Å². The number of carbonyl (C=O) groups excluding carboxylic acids is 1. The van der Waals surface area contributed by atoms with Gasteiger partial charge < -0.3 is 10.0 Å². The van der Waals surface area contributed by atoms with Crippen LogP contribution in [0.3, 0.4) is 0 Å². The van der Waals surface area contributed by atoms with Crippen molar-refractivity contribution < 1.29 is 14.3 Å². The molecule has 0 atom stereocenters. The number of aliphatic hydroxyl groups excluding tert-OH is 1. The zero-order chi connectivity index (χ0) is 14.7. The number of aliphatic hydroxyl groups is 1. The van der Waals surface area contributed by atoms with E-state index >= 15 is 0 Å². The number of aromatic nitrogens is 2. The van der Waals surface area contributed by atoms with Crippen molar-refractivity contribution >= 4 is 5.91 Å². The van der Waals surface area contributed by atoms with E-state index in [-0.39, 0.29) is 24.6 Å². The summed E-state index contributed by atoms with van der Waals surface area (Å²) in [5.41, 5.74) is 1.17. The van der Waals surface area contributed by atoms with Crippen LogP contribution in [0.1, 0.15) is 5.56 Å². The first kappa shape index (κ1) is 14.2. The fraction of sp³-hybridized carbons (Fsp3) is 0.286. The standard InChI is InChI=1S/C14H16FN3O2/c1-17(2)13(20)8-18-7-11(6-16-18)12-5-3-4-10(9-19)14(12)15/h3-7,19H,8-9H2,1-2H3. The van der Waals surface area contributed by atoms with Gasteiger partial charge in [0.1, 0.15) is 12.4 Å². The van der Waals surface area contributed by atoms with Crippen molar-refractivity contribution in [3.63, 3.8) is 0 Å². The van der Waals surface area contributed by atoms with Gasteiger partial charge in [-0.05, 0) is 0 Å². The number of benzene rings is 1. The van der Waals surface area contributed by atoms with E-state index in [2.05, 4.69) is 5.10 Å². The van der Waals surface area contributed by atoms with Crippen LogP contribution in [-0.2, 0) is 17.9 Å². The third-order valence-electron chi connectivity index (χ3n) is 2.99. The van der Waals surface area contributed by atoms with E-state index in [0.29, 0.717) is 11.1 Å². The van der Waals surface area contributed by atoms with E-state index < -0.39 is 5.82 Å². The number of carbonyl (C=O) groups is 1. The smallest absolute Gasteiger partial charge is 0.243 e. The van der Waals surface area contributed by atoms with E-state index in [1.54, 1.807) is 32.4 Å². The Bertz CT molecular complexity index is 623. The average molecular weight is 277 g/mol. The molecule has 0 saturated carbocycles. The van der Waals surface area contributed by atoms with Gasteiger partial charge in [-0.15, -0.1) is 0 Å². The SMILES string of the molecule is CN(C)C(=O)Cn1cc(-c2cccc(CO)c2F)cn1. The maximum Gasteiger partial charge on any atom is 0.243 e. The monoisotopic (exact) mass is 277 g/mol. The highest BCUT2D eigenvalue weighted by Crippen LogP contribution is 2.24. The van der Waals surface area contributed by atoms with E-state index in [0.717, 1.165) is 0 Å². The number of rotatable bonds is 4. The zero-order valence-corrected chi connectivity index (χ0v) is 11.4. The van der Waals surface area contributed by atoms with E-state index in [4.69, 9.17) is 5.11 Å². The molecular weight excluding hydrogens is 261 g/mol. The predicted octanol–water partition coefficient (Wildman–Crippen LogP) is 1.27. The molecule has 0 aliphatic carbocycles. The molecule has 0 aliphatic heterocycles. The minimum absolute atomic E-state index is 0.0933. The molecule has 0 fully saturated rings. The topological polar surface area (TPSA) is 58.4 Å². The molecule has 2 rings (SSSR count). The minimum Gasteiger partial charge on any atom is -0.392 e. The molecule has 0 saturated heterocycles. The van der Waals surface area contributed by atoms with E-state index in [9.17, 15) is 9.18 Å². The van der Waals surface area contributed by atoms with Gasteiger partial charge in [0.05, 0.1) is 12.8 Å². The van der Waals surface area contributed by atoms with Crippen LogP contribution in [0.25, 0.3) is 11.1 Å². The summed E-state index contributed by atoms with van der Waals surface area (Å²) >= 11 is 0. The lowest BCUT2D eigenvalue weighted by Gasteiger charge is -2.09. The highest BCUT2D eigenvalue weighted by Gasteiger charge is 2.12. The zero-order valence-electron chi connectivity index (χ0n) is 11.4. The lowest BCUT2D eigenvalue weighted by atomic mass is 10.1. The third kappa shape index (κ3) is 2.85. The van der Waals surface area contributed by atoms with Crippen molar-refractivity contribution in [1.82, 2.24) is 14.7 Å². The Kier molecular flexibility index (Phi) is 4.14. The molecule has 0 bridgehead atoms. The normalized spacial score (nSPS) is 10.6. The van der Waals surface area contributed by atoms with Crippen LogP contribution in [-0.4, -0.2) is 39.8 Å². The maximum absolute atomic E-state index is 14.1. The van der Waals surface area contributed by atoms with Gasteiger partial charge in [-0.2, -0.15) is 5.10 Å². The second-order valence-corrected chi connectivity index (χ2v) is 4.65. The predicted molar refractivity (Wildman–Crippen MR) is 72.2 cm³/mol. The fourth-order valence-electron chi connectivity index (χ4n) is 1.79. The van der Waals surface area contributed by atoms with Crippen LogP contribution in [0.15, 0.2) is 30.6 Å². The van der Waals surface area contributed by atoms with Gasteiger partial charge in [0, 0.05) is 37.0 Å². The molecule has 0 spiro atoms. The van der Waals surface area contributed by atoms with Crippen molar-refractivity contribution in [3.8, 4) is 11.1 Å². The van der Waals surface area contributed by atoms with Gasteiger partial charge in [0.15, 0.2) is 0 Å². The summed E-state index contributed by atoms with van der Waals surface area (Å²) in [5, 5.41) is 13.1. The third-order valence-corrected chi connectivity index (χ3v) is 2.99. The number of amides is 1. The largest absolute Gasteiger partial charge is 0.392 e. The molecule has 1 amide bonds. The lowest BCUT2D eigenvalue weighted by Crippen LogP contribution is -2.26. The van der Waals surface area contributed by atoms with E-state index in [1.807, 2.05) is 0 Å². The molecule has 2 aromatic rings. The summed E-state index contributed by atoms with van der Waals surface area (Å²) in [6.45, 7) is -0.249. The summed E-state index contributed by atoms with van der Waals surface area (Å²) in [6, 6.07) is 4.81. The first-order valence-corrected chi connectivity index (χ1v) is 6.14. The Hall–Kier alpha value is -2.21. The quantitative estimate of drug-likeness (QED) is 0.915. The van der Waals surface area contributed by atoms with Gasteiger partial charge in [0.2, 0.25) is 5.91 Å². The Morgan fingerprint density at radius 2 is 2.20 bits per heavy atom. The first-order chi connectivity index (χ1) is 9.52. The van der Waals surface area contributed by atoms with Crippen molar-refractivity contribution in [2.45, 2.75) is 13.2 Å². The van der Waals surface area contributed by atoms with Gasteiger partial charge in [-0.1, -0.05) is 18.2 Å². The molecule has 0 aliphatic rings. The number of likely N-dealkylation sites (N-methyl/N-ethyl adjacent to an activating group) is 1. The van der Waals surface area contributed by atoms with Crippen LogP contribution >= 0.6 is 0 Å². The highest BCUT2D eigenvalue weighted by atomic mass is 19.1. The van der Waals surface area contributed by atoms with Crippen LogP contribution < -0.4 is 0 Å². The second kappa shape index (κ2) is 5.83. The second-order valence-electron chi connectivity index (χ2n) is 4.65. The van der Waals surface area contributed by atoms with Crippen molar-refractivity contribution in [2.24, 2.45) is 0 Å². The molecule has 5 nitrogen and oxygen atoms in total. The van der Waals surface area contributed by atoms with Crippen LogP contribution in [0, 0.1) is 5.82 Å². The molecule has 0 unspecified atom stereocenters. The molecular formula is C14H16FN3O2. The molecule has 106 valence electrons. The summed E-state index contributed by atoms with van der Waals surface area (Å²) in [5.74, 6) is -0.558. The van der Waals surface area contributed by atoms with Gasteiger partial charge in [0.25, 0.3) is 0 Å². The van der Waals surface area contributed by atoms with Gasteiger partial charge >= 0.3 is 0 Å². The van der Waals surface area contributed by atoms with Crippen LogP contribution in [0.4, 0.5) is 4.39 Å². The van der Waals surface area contributed by atoms with Crippen molar-refractivity contribution in [2.75, 3.05) is 14.1 Å². The summed E-state index contributed by atoms with van der Waals surface area (Å²) in [6.07, 6.45) is 3.11. The number of nitrogens with zero attached hydrogens (tertiary/aromatic N) is 3. The summed E-state index contributed by atoms with van der Waals surface area (Å²) in [4.78, 5) is 13.0. The molecule has 1 N–H and O–H groups in total.